The highest BCUT2D eigenvalue weighted by Crippen LogP contribution is 2.16. The van der Waals surface area contributed by atoms with Crippen molar-refractivity contribution in [3.8, 4) is 5.75 Å². The summed E-state index contributed by atoms with van der Waals surface area (Å²) in [5, 5.41) is 2.85. The van der Waals surface area contributed by atoms with Crippen molar-refractivity contribution in [3.63, 3.8) is 0 Å². The zero-order valence-corrected chi connectivity index (χ0v) is 10.9. The standard InChI is InChI=1S/C15H13N3O2/c1-20-12-7-5-11(6-8-12)17-15(19)13-3-2-4-14-16-9-10-18(13)14/h2-10H,1H3,(H,17,19). The summed E-state index contributed by atoms with van der Waals surface area (Å²) in [6, 6.07) is 12.6. The molecule has 20 heavy (non-hydrogen) atoms. The van der Waals surface area contributed by atoms with Crippen LogP contribution in [0.5, 0.6) is 5.75 Å². The van der Waals surface area contributed by atoms with Gasteiger partial charge in [-0.05, 0) is 36.4 Å². The molecule has 0 aliphatic carbocycles. The van der Waals surface area contributed by atoms with E-state index in [-0.39, 0.29) is 5.91 Å². The van der Waals surface area contributed by atoms with E-state index in [2.05, 4.69) is 10.3 Å². The maximum Gasteiger partial charge on any atom is 0.272 e. The van der Waals surface area contributed by atoms with Gasteiger partial charge in [-0.3, -0.25) is 9.20 Å². The van der Waals surface area contributed by atoms with Crippen LogP contribution in [0.3, 0.4) is 0 Å². The molecule has 0 atom stereocenters. The Morgan fingerprint density at radius 2 is 2.00 bits per heavy atom. The molecule has 1 aromatic carbocycles. The number of hydrogen-bond acceptors (Lipinski definition) is 3. The third kappa shape index (κ3) is 2.21. The van der Waals surface area contributed by atoms with Gasteiger partial charge in [0.1, 0.15) is 17.1 Å². The Morgan fingerprint density at radius 3 is 2.75 bits per heavy atom. The number of imidazole rings is 1. The van der Waals surface area contributed by atoms with Crippen LogP contribution in [-0.4, -0.2) is 22.4 Å². The van der Waals surface area contributed by atoms with E-state index in [1.54, 1.807) is 54.2 Å². The van der Waals surface area contributed by atoms with Gasteiger partial charge in [0.25, 0.3) is 5.91 Å². The van der Waals surface area contributed by atoms with Crippen LogP contribution in [0, 0.1) is 0 Å². The lowest BCUT2D eigenvalue weighted by atomic mass is 10.2. The second kappa shape index (κ2) is 5.05. The van der Waals surface area contributed by atoms with Gasteiger partial charge in [0.15, 0.2) is 0 Å². The van der Waals surface area contributed by atoms with Gasteiger partial charge in [-0.1, -0.05) is 6.07 Å². The van der Waals surface area contributed by atoms with Crippen molar-refractivity contribution in [1.82, 2.24) is 9.38 Å². The molecule has 2 heterocycles. The number of carbonyl (C=O) groups excluding carboxylic acids is 1. The van der Waals surface area contributed by atoms with Crippen molar-refractivity contribution in [3.05, 3.63) is 60.6 Å². The third-order valence-electron chi connectivity index (χ3n) is 3.01. The number of ether oxygens (including phenoxy) is 1. The van der Waals surface area contributed by atoms with Crippen LogP contribution in [0.25, 0.3) is 5.65 Å². The number of anilines is 1. The van der Waals surface area contributed by atoms with Crippen molar-refractivity contribution in [2.24, 2.45) is 0 Å². The lowest BCUT2D eigenvalue weighted by Crippen LogP contribution is -2.15. The molecule has 5 heteroatoms. The van der Waals surface area contributed by atoms with Crippen LogP contribution in [-0.2, 0) is 0 Å². The molecule has 0 spiro atoms. The maximum atomic E-state index is 12.3. The zero-order valence-electron chi connectivity index (χ0n) is 10.9. The quantitative estimate of drug-likeness (QED) is 0.793. The SMILES string of the molecule is COc1ccc(NC(=O)c2cccc3nccn23)cc1. The van der Waals surface area contributed by atoms with Crippen molar-refractivity contribution < 1.29 is 9.53 Å². The molecule has 0 unspecified atom stereocenters. The van der Waals surface area contributed by atoms with Crippen molar-refractivity contribution >= 4 is 17.2 Å². The van der Waals surface area contributed by atoms with Gasteiger partial charge in [-0.2, -0.15) is 0 Å². The molecule has 0 aliphatic heterocycles. The minimum atomic E-state index is -0.182. The van der Waals surface area contributed by atoms with E-state index in [4.69, 9.17) is 4.74 Å². The van der Waals surface area contributed by atoms with Crippen molar-refractivity contribution in [2.45, 2.75) is 0 Å². The van der Waals surface area contributed by atoms with Crippen LogP contribution in [0.4, 0.5) is 5.69 Å². The fraction of sp³-hybridized carbons (Fsp3) is 0.0667. The van der Waals surface area contributed by atoms with E-state index in [9.17, 15) is 4.79 Å². The lowest BCUT2D eigenvalue weighted by Gasteiger charge is -2.08. The van der Waals surface area contributed by atoms with Gasteiger partial charge in [-0.15, -0.1) is 0 Å². The second-order valence-electron chi connectivity index (χ2n) is 4.25. The molecule has 3 aromatic rings. The predicted octanol–water partition coefficient (Wildman–Crippen LogP) is 2.60. The number of pyridine rings is 1. The Morgan fingerprint density at radius 1 is 1.20 bits per heavy atom. The molecule has 1 amide bonds. The van der Waals surface area contributed by atoms with Gasteiger partial charge in [0.05, 0.1) is 7.11 Å². The zero-order chi connectivity index (χ0) is 13.9. The molecule has 0 saturated heterocycles. The molecule has 1 N–H and O–H groups in total. The van der Waals surface area contributed by atoms with Gasteiger partial charge in [0, 0.05) is 18.1 Å². The number of amides is 1. The van der Waals surface area contributed by atoms with Gasteiger partial charge < -0.3 is 10.1 Å². The Hall–Kier alpha value is -2.82. The maximum absolute atomic E-state index is 12.3. The number of rotatable bonds is 3. The number of nitrogens with one attached hydrogen (secondary N) is 1. The molecule has 3 rings (SSSR count). The smallest absolute Gasteiger partial charge is 0.272 e. The van der Waals surface area contributed by atoms with Crippen LogP contribution < -0.4 is 10.1 Å². The van der Waals surface area contributed by atoms with Gasteiger partial charge in [-0.25, -0.2) is 4.98 Å². The summed E-state index contributed by atoms with van der Waals surface area (Å²) < 4.78 is 6.83. The number of nitrogens with zero attached hydrogens (tertiary/aromatic N) is 2. The minimum Gasteiger partial charge on any atom is -0.497 e. The summed E-state index contributed by atoms with van der Waals surface area (Å²) in [5.74, 6) is 0.568. The van der Waals surface area contributed by atoms with E-state index >= 15 is 0 Å². The lowest BCUT2D eigenvalue weighted by molar-refractivity contribution is 0.102. The summed E-state index contributed by atoms with van der Waals surface area (Å²) >= 11 is 0. The average Bonchev–Trinajstić information content (AvgIpc) is 2.96. The van der Waals surface area contributed by atoms with Crippen LogP contribution in [0.1, 0.15) is 10.5 Å². The highest BCUT2D eigenvalue weighted by molar-refractivity contribution is 6.03. The first-order valence-electron chi connectivity index (χ1n) is 6.15. The summed E-state index contributed by atoms with van der Waals surface area (Å²) in [6.45, 7) is 0. The van der Waals surface area contributed by atoms with E-state index in [1.807, 2.05) is 12.1 Å². The largest absolute Gasteiger partial charge is 0.497 e. The fourth-order valence-corrected chi connectivity index (χ4v) is 2.00. The van der Waals surface area contributed by atoms with E-state index in [0.717, 1.165) is 11.4 Å². The number of carbonyl (C=O) groups is 1. The summed E-state index contributed by atoms with van der Waals surface area (Å²) in [7, 11) is 1.60. The predicted molar refractivity (Wildman–Crippen MR) is 76.1 cm³/mol. The molecule has 0 aliphatic rings. The Balaban J connectivity index is 1.87. The van der Waals surface area contributed by atoms with E-state index in [1.165, 1.54) is 0 Å². The summed E-state index contributed by atoms with van der Waals surface area (Å²) in [5.41, 5.74) is 2.00. The molecule has 0 radical (unpaired) electrons. The highest BCUT2D eigenvalue weighted by Gasteiger charge is 2.10. The minimum absolute atomic E-state index is 0.182. The summed E-state index contributed by atoms with van der Waals surface area (Å²) in [6.07, 6.45) is 3.43. The number of aromatic nitrogens is 2. The average molecular weight is 267 g/mol. The van der Waals surface area contributed by atoms with Crippen LogP contribution in [0.15, 0.2) is 54.9 Å². The number of methoxy groups -OCH3 is 1. The van der Waals surface area contributed by atoms with Crippen LogP contribution in [0.2, 0.25) is 0 Å². The molecule has 0 fully saturated rings. The first kappa shape index (κ1) is 12.2. The summed E-state index contributed by atoms with van der Waals surface area (Å²) in [4.78, 5) is 16.4. The first-order valence-corrected chi connectivity index (χ1v) is 6.15. The topological polar surface area (TPSA) is 55.6 Å². The Bertz CT molecular complexity index is 747. The van der Waals surface area contributed by atoms with E-state index in [0.29, 0.717) is 11.4 Å². The normalized spacial score (nSPS) is 10.4. The van der Waals surface area contributed by atoms with Gasteiger partial charge in [0.2, 0.25) is 0 Å². The van der Waals surface area contributed by atoms with Crippen LogP contribution >= 0.6 is 0 Å². The Labute approximate surface area is 115 Å². The molecule has 5 nitrogen and oxygen atoms in total. The van der Waals surface area contributed by atoms with Gasteiger partial charge >= 0.3 is 0 Å². The third-order valence-corrected chi connectivity index (χ3v) is 3.01. The molecule has 0 bridgehead atoms. The number of fused-ring (bicyclic) bond motifs is 1. The number of benzene rings is 1. The van der Waals surface area contributed by atoms with Crippen molar-refractivity contribution in [2.75, 3.05) is 12.4 Å². The second-order valence-corrected chi connectivity index (χ2v) is 4.25. The highest BCUT2D eigenvalue weighted by atomic mass is 16.5. The Kier molecular flexibility index (Phi) is 3.09. The number of hydrogen-bond donors (Lipinski definition) is 1. The van der Waals surface area contributed by atoms with Crippen molar-refractivity contribution in [1.29, 1.82) is 0 Å². The molecular weight excluding hydrogens is 254 g/mol. The molecule has 0 saturated carbocycles. The molecular formula is C15H13N3O2. The molecule has 100 valence electrons. The fourth-order valence-electron chi connectivity index (χ4n) is 2.00. The first-order chi connectivity index (χ1) is 9.78. The monoisotopic (exact) mass is 267 g/mol. The van der Waals surface area contributed by atoms with E-state index < -0.39 is 0 Å². The molecule has 2 aromatic heterocycles.